The Balaban J connectivity index is 2.14. The molecule has 1 rings (SSSR count). The molecule has 1 saturated heterocycles. The number of aliphatic hydroxyl groups is 5. The molecule has 0 bridgehead atoms. The van der Waals surface area contributed by atoms with Gasteiger partial charge in [-0.25, -0.2) is 0 Å². The van der Waals surface area contributed by atoms with E-state index >= 15 is 0 Å². The first-order chi connectivity index (χ1) is 42.8. The van der Waals surface area contributed by atoms with Gasteiger partial charge in [0.05, 0.1) is 25.4 Å². The van der Waals surface area contributed by atoms with Crippen LogP contribution in [-0.2, 0) is 14.3 Å². The van der Waals surface area contributed by atoms with Crippen molar-refractivity contribution in [2.24, 2.45) is 0 Å². The SMILES string of the molecule is CC/C=C\C/C=C\C/C=C\C/C=C\C/C=C\CCCCCCCCCCCCCCCCCCCC(=O)NC(COC1OC(CO)C(O)C(O)C1O)C(O)/C=C/CC/C=C/CC/C=C/CCCCCCCCCCCCCCCCCCCCCCC. The van der Waals surface area contributed by atoms with E-state index in [-0.39, 0.29) is 12.5 Å². The Morgan fingerprint density at radius 1 is 0.402 bits per heavy atom. The lowest BCUT2D eigenvalue weighted by Crippen LogP contribution is -2.60. The molecule has 0 saturated carbocycles. The molecule has 1 aliphatic heterocycles. The lowest BCUT2D eigenvalue weighted by molar-refractivity contribution is -0.302. The standard InChI is InChI=1S/C78H139NO8/c1-3-5-7-9-11-13-15-17-19-21-23-25-27-29-31-33-35-36-38-40-42-44-46-48-50-52-54-56-58-60-62-64-66-68-74(82)79-71(70-86-78-77(85)76(84)75(83)73(69-80)87-78)72(81)67-65-63-61-59-57-55-53-51-49-47-45-43-41-39-37-34-32-30-28-26-24-22-20-18-16-14-12-10-8-6-4-2/h5,7,11,13,17,19,23,25,29,31,49,51,57,59,65,67,71-73,75-78,80-81,83-85H,3-4,6,8-10,12,14-16,18,20-22,24,26-28,30,32-48,50,52-56,58,60-64,66,68-70H2,1-2H3,(H,79,82)/b7-5-,13-11-,19-17-,25-23-,31-29-,51-49+,59-57+,67-65+. The van der Waals surface area contributed by atoms with Crippen LogP contribution >= 0.6 is 0 Å². The van der Waals surface area contributed by atoms with Crippen LogP contribution in [0.3, 0.4) is 0 Å². The van der Waals surface area contributed by atoms with Gasteiger partial charge in [-0.2, -0.15) is 0 Å². The van der Waals surface area contributed by atoms with Crippen LogP contribution in [0.2, 0.25) is 0 Å². The molecule has 9 nitrogen and oxygen atoms in total. The molecule has 504 valence electrons. The van der Waals surface area contributed by atoms with Crippen molar-refractivity contribution in [3.63, 3.8) is 0 Å². The number of hydrogen-bond acceptors (Lipinski definition) is 8. The lowest BCUT2D eigenvalue weighted by Gasteiger charge is -2.40. The number of amides is 1. The fraction of sp³-hybridized carbons (Fsp3) is 0.782. The highest BCUT2D eigenvalue weighted by molar-refractivity contribution is 5.76. The number of allylic oxidation sites excluding steroid dienone is 15. The van der Waals surface area contributed by atoms with Crippen LogP contribution in [0.1, 0.15) is 335 Å². The van der Waals surface area contributed by atoms with Crippen LogP contribution in [0.4, 0.5) is 0 Å². The molecule has 0 aliphatic carbocycles. The van der Waals surface area contributed by atoms with Crippen LogP contribution in [0, 0.1) is 0 Å². The van der Waals surface area contributed by atoms with Crippen LogP contribution in [0.5, 0.6) is 0 Å². The quantitative estimate of drug-likeness (QED) is 0.0261. The molecule has 0 spiro atoms. The van der Waals surface area contributed by atoms with Crippen LogP contribution in [-0.4, -0.2) is 87.5 Å². The first kappa shape index (κ1) is 82.1. The molecule has 0 aromatic carbocycles. The highest BCUT2D eigenvalue weighted by Crippen LogP contribution is 2.23. The van der Waals surface area contributed by atoms with Gasteiger partial charge in [0, 0.05) is 6.42 Å². The normalized spacial score (nSPS) is 18.5. The molecule has 1 fully saturated rings. The Labute approximate surface area is 536 Å². The number of carbonyl (C=O) groups excluding carboxylic acids is 1. The van der Waals surface area contributed by atoms with E-state index in [9.17, 15) is 30.3 Å². The van der Waals surface area contributed by atoms with Gasteiger partial charge in [0.25, 0.3) is 0 Å². The second kappa shape index (κ2) is 66.0. The molecule has 7 atom stereocenters. The van der Waals surface area contributed by atoms with Crippen molar-refractivity contribution in [2.75, 3.05) is 13.2 Å². The van der Waals surface area contributed by atoms with Crippen LogP contribution in [0.25, 0.3) is 0 Å². The molecule has 7 unspecified atom stereocenters. The number of nitrogens with one attached hydrogen (secondary N) is 1. The van der Waals surface area contributed by atoms with E-state index in [4.69, 9.17) is 9.47 Å². The smallest absolute Gasteiger partial charge is 0.220 e. The minimum atomic E-state index is -1.58. The van der Waals surface area contributed by atoms with E-state index in [1.807, 2.05) is 6.08 Å². The molecule has 0 aromatic heterocycles. The highest BCUT2D eigenvalue weighted by atomic mass is 16.7. The number of rotatable bonds is 64. The third-order valence-electron chi connectivity index (χ3n) is 17.1. The second-order valence-corrected chi connectivity index (χ2v) is 25.3. The summed E-state index contributed by atoms with van der Waals surface area (Å²) >= 11 is 0. The molecule has 6 N–H and O–H groups in total. The van der Waals surface area contributed by atoms with Crippen molar-refractivity contribution < 1.29 is 39.8 Å². The number of unbranched alkanes of at least 4 members (excludes halogenated alkanes) is 40. The fourth-order valence-corrected chi connectivity index (χ4v) is 11.4. The topological polar surface area (TPSA) is 149 Å². The summed E-state index contributed by atoms with van der Waals surface area (Å²) in [5.41, 5.74) is 0. The fourth-order valence-electron chi connectivity index (χ4n) is 11.4. The third-order valence-corrected chi connectivity index (χ3v) is 17.1. The summed E-state index contributed by atoms with van der Waals surface area (Å²) in [6.07, 6.45) is 89.6. The van der Waals surface area contributed by atoms with Crippen molar-refractivity contribution >= 4 is 5.91 Å². The molecule has 0 aromatic rings. The molecule has 87 heavy (non-hydrogen) atoms. The first-order valence-electron chi connectivity index (χ1n) is 37.0. The predicted octanol–water partition coefficient (Wildman–Crippen LogP) is 20.6. The minimum absolute atomic E-state index is 0.189. The number of carbonyl (C=O) groups is 1. The number of ether oxygens (including phenoxy) is 2. The maximum Gasteiger partial charge on any atom is 0.220 e. The van der Waals surface area contributed by atoms with E-state index in [1.54, 1.807) is 6.08 Å². The summed E-state index contributed by atoms with van der Waals surface area (Å²) in [5.74, 6) is -0.189. The Morgan fingerprint density at radius 3 is 1.10 bits per heavy atom. The van der Waals surface area contributed by atoms with Crippen molar-refractivity contribution in [3.05, 3.63) is 97.2 Å². The maximum absolute atomic E-state index is 13.1. The van der Waals surface area contributed by atoms with E-state index in [2.05, 4.69) is 104 Å². The largest absolute Gasteiger partial charge is 0.394 e. The Morgan fingerprint density at radius 2 is 0.724 bits per heavy atom. The van der Waals surface area contributed by atoms with E-state index in [0.29, 0.717) is 6.42 Å². The van der Waals surface area contributed by atoms with Crippen molar-refractivity contribution in [3.8, 4) is 0 Å². The van der Waals surface area contributed by atoms with Crippen LogP contribution in [0.15, 0.2) is 97.2 Å². The van der Waals surface area contributed by atoms with Gasteiger partial charge in [0.15, 0.2) is 6.29 Å². The Hall–Kier alpha value is -2.89. The second-order valence-electron chi connectivity index (χ2n) is 25.3. The van der Waals surface area contributed by atoms with Gasteiger partial charge in [-0.15, -0.1) is 0 Å². The summed E-state index contributed by atoms with van der Waals surface area (Å²) in [6.45, 7) is 3.68. The third kappa shape index (κ3) is 54.6. The van der Waals surface area contributed by atoms with Crippen LogP contribution < -0.4 is 5.32 Å². The summed E-state index contributed by atoms with van der Waals surface area (Å²) < 4.78 is 11.3. The summed E-state index contributed by atoms with van der Waals surface area (Å²) in [4.78, 5) is 13.1. The molecular weight excluding hydrogens is 1080 g/mol. The van der Waals surface area contributed by atoms with Gasteiger partial charge in [0.2, 0.25) is 5.91 Å². The average Bonchev–Trinajstić information content (AvgIpc) is 3.38. The van der Waals surface area contributed by atoms with Gasteiger partial charge in [-0.05, 0) is 89.9 Å². The molecule has 0 radical (unpaired) electrons. The zero-order valence-electron chi connectivity index (χ0n) is 56.5. The van der Waals surface area contributed by atoms with Gasteiger partial charge < -0.3 is 40.3 Å². The predicted molar refractivity (Wildman–Crippen MR) is 373 cm³/mol. The lowest BCUT2D eigenvalue weighted by atomic mass is 9.99. The van der Waals surface area contributed by atoms with Crippen molar-refractivity contribution in [2.45, 2.75) is 378 Å². The van der Waals surface area contributed by atoms with Crippen molar-refractivity contribution in [1.82, 2.24) is 5.32 Å². The monoisotopic (exact) mass is 1220 g/mol. The van der Waals surface area contributed by atoms with Gasteiger partial charge in [-0.3, -0.25) is 4.79 Å². The Bertz CT molecular complexity index is 1700. The first-order valence-corrected chi connectivity index (χ1v) is 37.0. The van der Waals surface area contributed by atoms with E-state index in [0.717, 1.165) is 77.0 Å². The zero-order chi connectivity index (χ0) is 62.8. The number of hydrogen-bond donors (Lipinski definition) is 6. The molecule has 1 amide bonds. The molecule has 9 heteroatoms. The van der Waals surface area contributed by atoms with E-state index in [1.165, 1.54) is 238 Å². The minimum Gasteiger partial charge on any atom is -0.394 e. The number of aliphatic hydroxyl groups excluding tert-OH is 5. The summed E-state index contributed by atoms with van der Waals surface area (Å²) in [5, 5.41) is 54.8. The summed E-state index contributed by atoms with van der Waals surface area (Å²) in [7, 11) is 0. The van der Waals surface area contributed by atoms with Crippen molar-refractivity contribution in [1.29, 1.82) is 0 Å². The molecular formula is C78H139NO8. The highest BCUT2D eigenvalue weighted by Gasteiger charge is 2.44. The Kier molecular flexibility index (Phi) is 62.3. The summed E-state index contributed by atoms with van der Waals surface area (Å²) in [6, 6.07) is -0.835. The maximum atomic E-state index is 13.1. The van der Waals surface area contributed by atoms with Gasteiger partial charge >= 0.3 is 0 Å². The molecule has 1 aliphatic rings. The van der Waals surface area contributed by atoms with Gasteiger partial charge in [0.1, 0.15) is 24.4 Å². The zero-order valence-corrected chi connectivity index (χ0v) is 56.5. The van der Waals surface area contributed by atoms with E-state index < -0.39 is 49.5 Å². The van der Waals surface area contributed by atoms with Gasteiger partial charge in [-0.1, -0.05) is 336 Å². The average molecular weight is 1220 g/mol. The molecule has 1 heterocycles.